The molecule has 2 aromatic carbocycles. The molecule has 4 heteroatoms. The summed E-state index contributed by atoms with van der Waals surface area (Å²) in [6, 6.07) is 14.6. The van der Waals surface area contributed by atoms with Gasteiger partial charge in [0.25, 0.3) is 0 Å². The minimum Gasteiger partial charge on any atom is -0.310 e. The Bertz CT molecular complexity index is 458. The number of nitrogens with zero attached hydrogens (tertiary/aromatic N) is 1. The van der Waals surface area contributed by atoms with E-state index in [0.29, 0.717) is 0 Å². The van der Waals surface area contributed by atoms with Gasteiger partial charge in [-0.1, -0.05) is 40.7 Å². The molecule has 0 saturated heterocycles. The second kappa shape index (κ2) is 12.5. The molecular formula is C18H27BrFeNP. The van der Waals surface area contributed by atoms with Crippen molar-refractivity contribution in [2.45, 2.75) is 20.3 Å². The summed E-state index contributed by atoms with van der Waals surface area (Å²) in [6.45, 7) is 5.72. The molecule has 0 radical (unpaired) electrons. The van der Waals surface area contributed by atoms with Crippen molar-refractivity contribution in [2.24, 2.45) is 0 Å². The van der Waals surface area contributed by atoms with Gasteiger partial charge in [0.05, 0.1) is 0 Å². The molecule has 1 nitrogen and oxygen atoms in total. The fraction of sp³-hybridized carbons (Fsp3) is 0.444. The number of rotatable bonds is 6. The van der Waals surface area contributed by atoms with E-state index < -0.39 is 0 Å². The molecular weight excluding hydrogens is 397 g/mol. The van der Waals surface area contributed by atoms with Crippen molar-refractivity contribution in [2.75, 3.05) is 33.0 Å². The number of likely N-dealkylation sites (N-methyl/N-ethyl adjacent to an activating group) is 1. The predicted molar refractivity (Wildman–Crippen MR) is 102 cm³/mol. The number of hydrogen-bond donors (Lipinski definition) is 0. The number of halogens is 1. The van der Waals surface area contributed by atoms with Crippen LogP contribution < -0.4 is 5.30 Å². The zero-order valence-corrected chi connectivity index (χ0v) is 17.6. The predicted octanol–water partition coefficient (Wildman–Crippen LogP) is 4.82. The molecule has 0 saturated carbocycles. The van der Waals surface area contributed by atoms with E-state index in [1.807, 2.05) is 30.3 Å². The van der Waals surface area contributed by atoms with Crippen LogP contribution in [0, 0.1) is 0 Å². The van der Waals surface area contributed by atoms with E-state index in [1.54, 1.807) is 5.30 Å². The maximum atomic E-state index is 3.78. The molecule has 0 bridgehead atoms. The van der Waals surface area contributed by atoms with Crippen LogP contribution in [0.4, 0.5) is 0 Å². The third-order valence-corrected chi connectivity index (χ3v) is 7.26. The summed E-state index contributed by atoms with van der Waals surface area (Å²) in [6.07, 6.45) is 3.73. The van der Waals surface area contributed by atoms with Gasteiger partial charge in [0.15, 0.2) is 0 Å². The maximum Gasteiger partial charge on any atom is 2.00 e. The molecule has 2 rings (SSSR count). The van der Waals surface area contributed by atoms with Gasteiger partial charge in [-0.25, -0.2) is 18.2 Å². The smallest absolute Gasteiger partial charge is 0.310 e. The first-order valence-corrected chi connectivity index (χ1v) is 10.1. The number of hydrogen-bond acceptors (Lipinski definition) is 1. The standard InChI is InChI=1S/C13H22BrNP.C5H5.Fe/c1-5-16(6-2)12-8-7-11(13(12)14)9-10-15(3)4;1-2-4-5-3-1;/h7-8H,5-6,9-10H2,1-4H3;1-5H;/q2*-1;+2. The summed E-state index contributed by atoms with van der Waals surface area (Å²) in [7, 11) is 4.32. The molecule has 0 amide bonds. The van der Waals surface area contributed by atoms with Crippen molar-refractivity contribution in [3.8, 4) is 0 Å². The maximum absolute atomic E-state index is 3.78. The van der Waals surface area contributed by atoms with Crippen LogP contribution in [0.5, 0.6) is 0 Å². The molecule has 0 fully saturated rings. The van der Waals surface area contributed by atoms with Gasteiger partial charge in [0.1, 0.15) is 0 Å². The van der Waals surface area contributed by atoms with Gasteiger partial charge in [0.2, 0.25) is 0 Å². The van der Waals surface area contributed by atoms with Crippen LogP contribution in [0.1, 0.15) is 19.4 Å². The van der Waals surface area contributed by atoms with Gasteiger partial charge in [-0.05, 0) is 33.0 Å². The fourth-order valence-corrected chi connectivity index (χ4v) is 5.21. The third-order valence-electron chi connectivity index (χ3n) is 3.44. The van der Waals surface area contributed by atoms with Gasteiger partial charge in [0, 0.05) is 0 Å². The van der Waals surface area contributed by atoms with Crippen molar-refractivity contribution in [1.82, 2.24) is 4.90 Å². The fourth-order valence-electron chi connectivity index (χ4n) is 2.16. The molecule has 0 N–H and O–H groups in total. The summed E-state index contributed by atoms with van der Waals surface area (Å²) in [5, 5.41) is 1.56. The van der Waals surface area contributed by atoms with Crippen molar-refractivity contribution < 1.29 is 17.1 Å². The zero-order chi connectivity index (χ0) is 15.7. The van der Waals surface area contributed by atoms with Gasteiger partial charge >= 0.3 is 17.1 Å². The molecule has 0 aromatic heterocycles. The monoisotopic (exact) mass is 423 g/mol. The van der Waals surface area contributed by atoms with Crippen LogP contribution in [-0.4, -0.2) is 37.9 Å². The first-order chi connectivity index (χ1) is 10.1. The minimum absolute atomic E-state index is 0. The molecule has 0 aliphatic rings. The summed E-state index contributed by atoms with van der Waals surface area (Å²) in [4.78, 5) is 2.24. The molecule has 0 aliphatic heterocycles. The summed E-state index contributed by atoms with van der Waals surface area (Å²) in [5.74, 6) is 0. The quantitative estimate of drug-likeness (QED) is 0.365. The first kappa shape index (κ1) is 22.1. The van der Waals surface area contributed by atoms with E-state index in [4.69, 9.17) is 0 Å². The van der Waals surface area contributed by atoms with E-state index in [1.165, 1.54) is 22.4 Å². The first-order valence-electron chi connectivity index (χ1n) is 7.60. The van der Waals surface area contributed by atoms with Crippen LogP contribution >= 0.6 is 23.9 Å². The van der Waals surface area contributed by atoms with E-state index in [9.17, 15) is 0 Å². The van der Waals surface area contributed by atoms with Crippen LogP contribution in [0.25, 0.3) is 0 Å². The van der Waals surface area contributed by atoms with Gasteiger partial charge < -0.3 is 4.90 Å². The second-order valence-corrected chi connectivity index (χ2v) is 8.86. The second-order valence-electron chi connectivity index (χ2n) is 5.25. The minimum atomic E-state index is 0. The molecule has 0 unspecified atom stereocenters. The summed E-state index contributed by atoms with van der Waals surface area (Å²) >= 11 is 3.78. The molecule has 22 heavy (non-hydrogen) atoms. The Kier molecular flexibility index (Phi) is 12.6. The van der Waals surface area contributed by atoms with E-state index in [0.717, 1.165) is 13.0 Å². The summed E-state index contributed by atoms with van der Waals surface area (Å²) < 4.78 is 1.38. The Hall–Kier alpha value is 0.0895. The van der Waals surface area contributed by atoms with Crippen molar-refractivity contribution in [3.05, 3.63) is 52.5 Å². The molecule has 0 spiro atoms. The Morgan fingerprint density at radius 1 is 1.18 bits per heavy atom. The Balaban J connectivity index is 0.000000622. The normalized spacial score (nSPS) is 10.3. The Labute approximate surface area is 156 Å². The van der Waals surface area contributed by atoms with Crippen molar-refractivity contribution in [3.63, 3.8) is 0 Å². The summed E-state index contributed by atoms with van der Waals surface area (Å²) in [5.41, 5.74) is 1.47. The van der Waals surface area contributed by atoms with Crippen LogP contribution in [0.15, 0.2) is 46.9 Å². The van der Waals surface area contributed by atoms with E-state index in [-0.39, 0.29) is 25.0 Å². The average molecular weight is 424 g/mol. The van der Waals surface area contributed by atoms with E-state index in [2.05, 4.69) is 60.9 Å². The molecule has 0 heterocycles. The van der Waals surface area contributed by atoms with Gasteiger partial charge in [-0.3, -0.25) is 0 Å². The molecule has 124 valence electrons. The zero-order valence-electron chi connectivity index (χ0n) is 14.0. The average Bonchev–Trinajstić information content (AvgIpc) is 3.13. The molecule has 2 aromatic rings. The van der Waals surface area contributed by atoms with Gasteiger partial charge in [-0.2, -0.15) is 29.8 Å². The van der Waals surface area contributed by atoms with Crippen molar-refractivity contribution in [1.29, 1.82) is 0 Å². The Morgan fingerprint density at radius 2 is 1.77 bits per heavy atom. The van der Waals surface area contributed by atoms with Gasteiger partial charge in [-0.15, -0.1) is 13.2 Å². The third kappa shape index (κ3) is 7.57. The largest absolute Gasteiger partial charge is 2.00 e. The molecule has 0 atom stereocenters. The molecule has 0 aliphatic carbocycles. The van der Waals surface area contributed by atoms with Crippen LogP contribution in [0.2, 0.25) is 0 Å². The Morgan fingerprint density at radius 3 is 2.18 bits per heavy atom. The topological polar surface area (TPSA) is 3.24 Å². The SMILES string of the molecule is CCP(CC)[c-]1ccc(CCN(C)C)c1Br.[Fe+2].c1cc[cH-]c1. The van der Waals surface area contributed by atoms with Crippen LogP contribution in [0.3, 0.4) is 0 Å². The van der Waals surface area contributed by atoms with E-state index >= 15 is 0 Å². The van der Waals surface area contributed by atoms with Crippen LogP contribution in [-0.2, 0) is 23.5 Å². The van der Waals surface area contributed by atoms with Crippen molar-refractivity contribution >= 4 is 29.2 Å².